The Kier molecular flexibility index (Phi) is 8.48. The Hall–Kier alpha value is -5.39. The first-order valence-electron chi connectivity index (χ1n) is 13.4. The number of methoxy groups -OCH3 is 1. The summed E-state index contributed by atoms with van der Waals surface area (Å²) in [7, 11) is 1.17. The molecule has 2 heterocycles. The molecule has 0 atom stereocenters. The molecule has 0 saturated carbocycles. The summed E-state index contributed by atoms with van der Waals surface area (Å²) in [4.78, 5) is 36.8. The summed E-state index contributed by atoms with van der Waals surface area (Å²) >= 11 is 12.2. The number of halogens is 2. The number of ether oxygens (including phenoxy) is 3. The molecule has 0 saturated heterocycles. The molecule has 0 aliphatic carbocycles. The van der Waals surface area contributed by atoms with E-state index in [4.69, 9.17) is 41.8 Å². The van der Waals surface area contributed by atoms with E-state index in [1.807, 2.05) is 30.3 Å². The quantitative estimate of drug-likeness (QED) is 0.110. The molecule has 0 bridgehead atoms. The Labute approximate surface area is 270 Å². The van der Waals surface area contributed by atoms with E-state index in [0.717, 1.165) is 11.6 Å². The van der Waals surface area contributed by atoms with Crippen LogP contribution in [-0.2, 0) is 4.74 Å². The zero-order valence-electron chi connectivity index (χ0n) is 24.5. The van der Waals surface area contributed by atoms with Crippen LogP contribution in [0, 0.1) is 20.8 Å². The van der Waals surface area contributed by atoms with Crippen molar-refractivity contribution >= 4 is 46.1 Å². The molecule has 46 heavy (non-hydrogen) atoms. The van der Waals surface area contributed by atoms with Gasteiger partial charge in [-0.2, -0.15) is 0 Å². The van der Waals surface area contributed by atoms with Gasteiger partial charge in [0.1, 0.15) is 50.1 Å². The fourth-order valence-corrected chi connectivity index (χ4v) is 5.35. The molecule has 1 aromatic heterocycles. The van der Waals surface area contributed by atoms with Gasteiger partial charge in [0, 0.05) is 34.9 Å². The smallest absolute Gasteiger partial charge is 0.347 e. The van der Waals surface area contributed by atoms with Crippen molar-refractivity contribution in [3.8, 4) is 51.6 Å². The maximum Gasteiger partial charge on any atom is 0.347 e. The molecule has 0 unspecified atom stereocenters. The zero-order chi connectivity index (χ0) is 33.6. The molecule has 1 aliphatic rings. The molecule has 5 aromatic rings. The lowest BCUT2D eigenvalue weighted by molar-refractivity contribution is 0.0595. The summed E-state index contributed by atoms with van der Waals surface area (Å²) in [6.45, 7) is 4.43. The Morgan fingerprint density at radius 1 is 0.783 bits per heavy atom. The molecule has 0 fully saturated rings. The number of hydrogen-bond donors (Lipinski definition) is 4. The van der Waals surface area contributed by atoms with Crippen molar-refractivity contribution in [3.63, 3.8) is 0 Å². The second-order valence-corrected chi connectivity index (χ2v) is 10.9. The normalized spacial score (nSPS) is 11.7. The number of benzene rings is 4. The summed E-state index contributed by atoms with van der Waals surface area (Å²) in [6, 6.07) is 12.9. The molecule has 0 radical (unpaired) electrons. The molecular formula is C33H24Cl2O11. The number of hydrogen-bond acceptors (Lipinski definition) is 11. The van der Waals surface area contributed by atoms with Gasteiger partial charge in [-0.25, -0.2) is 9.59 Å². The van der Waals surface area contributed by atoms with E-state index in [2.05, 4.69) is 0 Å². The number of phenols is 4. The lowest BCUT2D eigenvalue weighted by atomic mass is 10.0. The van der Waals surface area contributed by atoms with Gasteiger partial charge in [0.15, 0.2) is 28.4 Å². The number of carbonyl (C=O) groups excluding carboxylic acids is 2. The Morgan fingerprint density at radius 3 is 2.09 bits per heavy atom. The minimum absolute atomic E-state index is 0.0131. The molecular weight excluding hydrogens is 643 g/mol. The van der Waals surface area contributed by atoms with E-state index in [1.165, 1.54) is 40.0 Å². The van der Waals surface area contributed by atoms with Crippen molar-refractivity contribution < 1.29 is 48.6 Å². The van der Waals surface area contributed by atoms with Crippen molar-refractivity contribution in [1.29, 1.82) is 0 Å². The van der Waals surface area contributed by atoms with Crippen molar-refractivity contribution in [2.75, 3.05) is 7.11 Å². The minimum Gasteiger partial charge on any atom is -0.508 e. The number of carbonyl (C=O) groups is 2. The average molecular weight is 667 g/mol. The molecule has 11 nitrogen and oxygen atoms in total. The van der Waals surface area contributed by atoms with Crippen LogP contribution in [0.3, 0.4) is 0 Å². The Morgan fingerprint density at radius 2 is 1.43 bits per heavy atom. The van der Waals surface area contributed by atoms with Crippen molar-refractivity contribution in [2.45, 2.75) is 20.8 Å². The first kappa shape index (κ1) is 32.0. The van der Waals surface area contributed by atoms with E-state index in [1.54, 1.807) is 0 Å². The molecule has 0 spiro atoms. The van der Waals surface area contributed by atoms with Crippen LogP contribution >= 0.6 is 23.2 Å². The third kappa shape index (κ3) is 5.40. The average Bonchev–Trinajstić information content (AvgIpc) is 3.18. The Bertz CT molecular complexity index is 2140. The summed E-state index contributed by atoms with van der Waals surface area (Å²) in [5.74, 6) is -2.79. The van der Waals surface area contributed by atoms with E-state index >= 15 is 0 Å². The lowest BCUT2D eigenvalue weighted by Gasteiger charge is -2.17. The molecule has 236 valence electrons. The summed E-state index contributed by atoms with van der Waals surface area (Å²) < 4.78 is 21.5. The number of phenolic OH excluding ortho intramolecular Hbond substituents is 4. The first-order chi connectivity index (χ1) is 21.8. The second-order valence-electron chi connectivity index (χ2n) is 10.1. The van der Waals surface area contributed by atoms with Crippen molar-refractivity contribution in [2.24, 2.45) is 0 Å². The van der Waals surface area contributed by atoms with Crippen molar-refractivity contribution in [3.05, 3.63) is 96.6 Å². The monoisotopic (exact) mass is 666 g/mol. The van der Waals surface area contributed by atoms with E-state index in [0.29, 0.717) is 5.76 Å². The predicted octanol–water partition coefficient (Wildman–Crippen LogP) is 7.31. The van der Waals surface area contributed by atoms with Gasteiger partial charge in [0.25, 0.3) is 0 Å². The van der Waals surface area contributed by atoms with Crippen LogP contribution in [0.4, 0.5) is 0 Å². The second kappa shape index (κ2) is 12.2. The number of rotatable bonds is 2. The van der Waals surface area contributed by atoms with Crippen LogP contribution in [0.15, 0.2) is 57.7 Å². The number of fused-ring (bicyclic) bond motifs is 3. The molecule has 4 aromatic carbocycles. The fraction of sp³-hybridized carbons (Fsp3) is 0.121. The van der Waals surface area contributed by atoms with Crippen LogP contribution in [0.2, 0.25) is 10.0 Å². The maximum absolute atomic E-state index is 12.7. The first-order valence-corrected chi connectivity index (χ1v) is 14.1. The number of esters is 2. The number of aromatic hydroxyl groups is 4. The third-order valence-corrected chi connectivity index (χ3v) is 8.06. The van der Waals surface area contributed by atoms with E-state index in [9.17, 15) is 34.8 Å². The van der Waals surface area contributed by atoms with Crippen molar-refractivity contribution in [1.82, 2.24) is 0 Å². The summed E-state index contributed by atoms with van der Waals surface area (Å²) in [5, 5.41) is 39.3. The molecule has 0 amide bonds. The van der Waals surface area contributed by atoms with Gasteiger partial charge < -0.3 is 39.1 Å². The standard InChI is InChI=1S/C18H14Cl2O7.C15H10O4/c1-5-9-16(11(20)13(22)10(5)19)26-14-6(2)8(17(23)25-4)12(21)7(3)15(14)27-18(9)24;16-10-6-11(17)15-12(18)8-13(19-14(15)7-10)9-4-2-1-3-5-9/h21-22H,1-4H3;1-8,16-17H. The third-order valence-electron chi connectivity index (χ3n) is 7.25. The van der Waals surface area contributed by atoms with E-state index < -0.39 is 23.4 Å². The van der Waals surface area contributed by atoms with Gasteiger partial charge in [-0.15, -0.1) is 0 Å². The van der Waals surface area contributed by atoms with Gasteiger partial charge >= 0.3 is 11.9 Å². The molecule has 4 N–H and O–H groups in total. The SMILES string of the molecule is COC(=O)c1c(C)c2c(c(C)c1O)OC(=O)c1c(C)c(Cl)c(O)c(Cl)c1O2.O=c1cc(-c2ccccc2)oc2cc(O)cc(O)c12. The zero-order valence-corrected chi connectivity index (χ0v) is 26.0. The largest absolute Gasteiger partial charge is 0.508 e. The molecule has 13 heteroatoms. The summed E-state index contributed by atoms with van der Waals surface area (Å²) in [5.41, 5.74) is 0.825. The predicted molar refractivity (Wildman–Crippen MR) is 168 cm³/mol. The van der Waals surface area contributed by atoms with Gasteiger partial charge in [0.05, 0.1) is 12.1 Å². The molecule has 1 aliphatic heterocycles. The Balaban J connectivity index is 0.000000192. The van der Waals surface area contributed by atoms with Crippen LogP contribution in [0.1, 0.15) is 37.4 Å². The van der Waals surface area contributed by atoms with Crippen LogP contribution in [0.5, 0.6) is 40.2 Å². The highest BCUT2D eigenvalue weighted by Gasteiger charge is 2.35. The minimum atomic E-state index is -0.835. The van der Waals surface area contributed by atoms with Gasteiger partial charge in [-0.05, 0) is 26.3 Å². The highest BCUT2D eigenvalue weighted by molar-refractivity contribution is 6.39. The van der Waals surface area contributed by atoms with Gasteiger partial charge in [-0.3, -0.25) is 4.79 Å². The maximum atomic E-state index is 12.7. The fourth-order valence-electron chi connectivity index (χ4n) is 4.88. The van der Waals surface area contributed by atoms with Crippen LogP contribution in [-0.4, -0.2) is 39.5 Å². The van der Waals surface area contributed by atoms with E-state index in [-0.39, 0.29) is 83.0 Å². The van der Waals surface area contributed by atoms with Crippen LogP contribution in [0.25, 0.3) is 22.3 Å². The molecule has 6 rings (SSSR count). The lowest BCUT2D eigenvalue weighted by Crippen LogP contribution is -2.11. The summed E-state index contributed by atoms with van der Waals surface area (Å²) in [6.07, 6.45) is 0. The van der Waals surface area contributed by atoms with Gasteiger partial charge in [0.2, 0.25) is 0 Å². The van der Waals surface area contributed by atoms with Crippen LogP contribution < -0.4 is 14.9 Å². The van der Waals surface area contributed by atoms with Gasteiger partial charge in [-0.1, -0.05) is 53.5 Å². The highest BCUT2D eigenvalue weighted by Crippen LogP contribution is 2.52. The highest BCUT2D eigenvalue weighted by atomic mass is 35.5. The topological polar surface area (TPSA) is 173 Å².